The third-order valence-electron chi connectivity index (χ3n) is 2.74. The second kappa shape index (κ2) is 6.40. The van der Waals surface area contributed by atoms with E-state index in [1.165, 1.54) is 0 Å². The smallest absolute Gasteiger partial charge is 0.262 e. The molecule has 1 unspecified atom stereocenters. The number of thioether (sulfide) groups is 1. The minimum atomic E-state index is -0.591. The minimum absolute atomic E-state index is 0.0187. The highest BCUT2D eigenvalue weighted by Crippen LogP contribution is 2.26. The van der Waals surface area contributed by atoms with Crippen LogP contribution in [0.5, 0.6) is 0 Å². The molecule has 0 spiro atoms. The van der Waals surface area contributed by atoms with Crippen molar-refractivity contribution in [3.05, 3.63) is 29.8 Å². The van der Waals surface area contributed by atoms with Crippen molar-refractivity contribution < 1.29 is 9.59 Å². The maximum atomic E-state index is 12.0. The summed E-state index contributed by atoms with van der Waals surface area (Å²) in [5, 5.41) is 2.37. The van der Waals surface area contributed by atoms with E-state index in [1.807, 2.05) is 25.1 Å². The van der Waals surface area contributed by atoms with E-state index in [1.54, 1.807) is 6.07 Å². The SMILES string of the molecule is Cc1ccccc1NC(=O)CC1SC(N=C(N)N)=NC1=O. The number of hydrogen-bond donors (Lipinski definition) is 3. The summed E-state index contributed by atoms with van der Waals surface area (Å²) < 4.78 is 0. The van der Waals surface area contributed by atoms with Gasteiger partial charge >= 0.3 is 0 Å². The summed E-state index contributed by atoms with van der Waals surface area (Å²) in [6, 6.07) is 7.41. The molecule has 1 aromatic rings. The van der Waals surface area contributed by atoms with Crippen LogP contribution >= 0.6 is 11.8 Å². The molecule has 5 N–H and O–H groups in total. The number of nitrogens with zero attached hydrogens (tertiary/aromatic N) is 2. The average Bonchev–Trinajstić information content (AvgIpc) is 2.71. The van der Waals surface area contributed by atoms with E-state index in [9.17, 15) is 9.59 Å². The molecule has 7 nitrogen and oxygen atoms in total. The second-order valence-electron chi connectivity index (χ2n) is 4.44. The summed E-state index contributed by atoms with van der Waals surface area (Å²) in [7, 11) is 0. The van der Waals surface area contributed by atoms with E-state index >= 15 is 0 Å². The van der Waals surface area contributed by atoms with Crippen molar-refractivity contribution in [3.63, 3.8) is 0 Å². The first-order chi connectivity index (χ1) is 9.95. The van der Waals surface area contributed by atoms with Crippen LogP contribution in [0.3, 0.4) is 0 Å². The van der Waals surface area contributed by atoms with Crippen LogP contribution in [-0.2, 0) is 9.59 Å². The van der Waals surface area contributed by atoms with E-state index in [-0.39, 0.29) is 23.5 Å². The van der Waals surface area contributed by atoms with Crippen LogP contribution < -0.4 is 16.8 Å². The first-order valence-electron chi connectivity index (χ1n) is 6.20. The number of aliphatic imine (C=N–C) groups is 2. The topological polar surface area (TPSA) is 123 Å². The van der Waals surface area contributed by atoms with Gasteiger partial charge in [-0.05, 0) is 18.6 Å². The Bertz CT molecular complexity index is 637. The predicted octanol–water partition coefficient (Wildman–Crippen LogP) is 0.595. The molecular formula is C13H15N5O2S. The van der Waals surface area contributed by atoms with Gasteiger partial charge in [-0.3, -0.25) is 9.59 Å². The van der Waals surface area contributed by atoms with Crippen LogP contribution in [0.2, 0.25) is 0 Å². The number of amidine groups is 1. The van der Waals surface area contributed by atoms with E-state index in [2.05, 4.69) is 15.3 Å². The lowest BCUT2D eigenvalue weighted by molar-refractivity contribution is -0.121. The van der Waals surface area contributed by atoms with Crippen molar-refractivity contribution in [1.82, 2.24) is 0 Å². The molecule has 0 saturated carbocycles. The molecule has 2 amide bonds. The molecule has 1 aromatic carbocycles. The molecule has 2 rings (SSSR count). The Balaban J connectivity index is 1.95. The molecule has 8 heteroatoms. The van der Waals surface area contributed by atoms with Crippen LogP contribution in [-0.4, -0.2) is 28.2 Å². The van der Waals surface area contributed by atoms with Crippen molar-refractivity contribution in [2.75, 3.05) is 5.32 Å². The Morgan fingerprint density at radius 2 is 2.14 bits per heavy atom. The van der Waals surface area contributed by atoms with Gasteiger partial charge in [0, 0.05) is 12.1 Å². The molecular weight excluding hydrogens is 290 g/mol. The fraction of sp³-hybridized carbons (Fsp3) is 0.231. The normalized spacial score (nSPS) is 17.3. The third-order valence-corrected chi connectivity index (χ3v) is 3.79. The van der Waals surface area contributed by atoms with Gasteiger partial charge in [-0.1, -0.05) is 30.0 Å². The first-order valence-corrected chi connectivity index (χ1v) is 7.08. The number of anilines is 1. The molecule has 1 atom stereocenters. The number of benzene rings is 1. The number of guanidine groups is 1. The highest BCUT2D eigenvalue weighted by Gasteiger charge is 2.30. The Morgan fingerprint density at radius 1 is 1.43 bits per heavy atom. The first kappa shape index (κ1) is 15.0. The molecule has 0 aromatic heterocycles. The molecule has 1 aliphatic rings. The summed E-state index contributed by atoms with van der Waals surface area (Å²) >= 11 is 1.08. The zero-order valence-electron chi connectivity index (χ0n) is 11.4. The highest BCUT2D eigenvalue weighted by molar-refractivity contribution is 8.15. The average molecular weight is 305 g/mol. The Morgan fingerprint density at radius 3 is 2.81 bits per heavy atom. The molecule has 0 radical (unpaired) electrons. The number of nitrogens with two attached hydrogens (primary N) is 2. The van der Waals surface area contributed by atoms with Crippen LogP contribution in [0.4, 0.5) is 5.69 Å². The molecule has 0 fully saturated rings. The molecule has 110 valence electrons. The summed E-state index contributed by atoms with van der Waals surface area (Å²) in [6.07, 6.45) is 0.0187. The van der Waals surface area contributed by atoms with Gasteiger partial charge in [0.1, 0.15) is 5.25 Å². The number of carbonyl (C=O) groups excluding carboxylic acids is 2. The third kappa shape index (κ3) is 4.06. The number of para-hydroxylation sites is 1. The fourth-order valence-electron chi connectivity index (χ4n) is 1.74. The largest absolute Gasteiger partial charge is 0.370 e. The van der Waals surface area contributed by atoms with Gasteiger partial charge in [-0.2, -0.15) is 9.98 Å². The van der Waals surface area contributed by atoms with Gasteiger partial charge in [0.25, 0.3) is 5.91 Å². The van der Waals surface area contributed by atoms with Gasteiger partial charge in [0.2, 0.25) is 5.91 Å². The summed E-state index contributed by atoms with van der Waals surface area (Å²) in [6.45, 7) is 1.89. The van der Waals surface area contributed by atoms with Crippen LogP contribution in [0.1, 0.15) is 12.0 Å². The second-order valence-corrected chi connectivity index (χ2v) is 5.61. The van der Waals surface area contributed by atoms with Gasteiger partial charge in [-0.25, -0.2) is 0 Å². The number of nitrogens with one attached hydrogen (secondary N) is 1. The summed E-state index contributed by atoms with van der Waals surface area (Å²) in [5.41, 5.74) is 12.1. The van der Waals surface area contributed by atoms with E-state index < -0.39 is 11.2 Å². The zero-order valence-corrected chi connectivity index (χ0v) is 12.2. The molecule has 0 bridgehead atoms. The predicted molar refractivity (Wildman–Crippen MR) is 84.1 cm³/mol. The maximum absolute atomic E-state index is 12.0. The van der Waals surface area contributed by atoms with Gasteiger partial charge in [0.15, 0.2) is 11.1 Å². The van der Waals surface area contributed by atoms with Crippen LogP contribution in [0.15, 0.2) is 34.3 Å². The van der Waals surface area contributed by atoms with Crippen LogP contribution in [0.25, 0.3) is 0 Å². The van der Waals surface area contributed by atoms with Crippen LogP contribution in [0, 0.1) is 6.92 Å². The van der Waals surface area contributed by atoms with E-state index in [4.69, 9.17) is 11.5 Å². The lowest BCUT2D eigenvalue weighted by Gasteiger charge is -2.09. The highest BCUT2D eigenvalue weighted by atomic mass is 32.2. The molecule has 1 aliphatic heterocycles. The Kier molecular flexibility index (Phi) is 4.59. The van der Waals surface area contributed by atoms with Crippen molar-refractivity contribution >= 4 is 40.4 Å². The minimum Gasteiger partial charge on any atom is -0.370 e. The zero-order chi connectivity index (χ0) is 15.4. The quantitative estimate of drug-likeness (QED) is 0.557. The van der Waals surface area contributed by atoms with Crippen molar-refractivity contribution in [2.45, 2.75) is 18.6 Å². The van der Waals surface area contributed by atoms with Gasteiger partial charge in [0.05, 0.1) is 0 Å². The monoisotopic (exact) mass is 305 g/mol. The lowest BCUT2D eigenvalue weighted by Crippen LogP contribution is -2.23. The standard InChI is InChI=1S/C13H15N5O2S/c1-7-4-2-3-5-8(7)16-10(19)6-9-11(20)17-13(21-9)18-12(14)15/h2-5,9H,6H2,1H3,(H,16,19)(H4,14,15,17,18,20). The van der Waals surface area contributed by atoms with E-state index in [0.29, 0.717) is 0 Å². The molecule has 21 heavy (non-hydrogen) atoms. The maximum Gasteiger partial charge on any atom is 0.262 e. The van der Waals surface area contributed by atoms with Gasteiger partial charge in [-0.15, -0.1) is 0 Å². The molecule has 0 aliphatic carbocycles. The fourth-order valence-corrected chi connectivity index (χ4v) is 2.69. The Labute approximate surface area is 125 Å². The Hall–Kier alpha value is -2.35. The number of carbonyl (C=O) groups is 2. The van der Waals surface area contributed by atoms with Crippen molar-refractivity contribution in [3.8, 4) is 0 Å². The number of hydrogen-bond acceptors (Lipinski definition) is 4. The summed E-state index contributed by atoms with van der Waals surface area (Å²) in [5.74, 6) is -0.824. The number of amides is 2. The molecule has 1 heterocycles. The number of aryl methyl sites for hydroxylation is 1. The van der Waals surface area contributed by atoms with Gasteiger partial charge < -0.3 is 16.8 Å². The lowest BCUT2D eigenvalue weighted by atomic mass is 10.2. The van der Waals surface area contributed by atoms with Crippen molar-refractivity contribution in [2.24, 2.45) is 21.5 Å². The van der Waals surface area contributed by atoms with E-state index in [0.717, 1.165) is 23.0 Å². The molecule has 0 saturated heterocycles. The van der Waals surface area contributed by atoms with Crippen molar-refractivity contribution in [1.29, 1.82) is 0 Å². The summed E-state index contributed by atoms with van der Waals surface area (Å²) in [4.78, 5) is 31.1. The number of rotatable bonds is 3.